The van der Waals surface area contributed by atoms with Crippen LogP contribution in [0, 0.1) is 11.6 Å². The van der Waals surface area contributed by atoms with E-state index in [4.69, 9.17) is 10.5 Å². The fourth-order valence-electron chi connectivity index (χ4n) is 4.99. The second-order valence-electron chi connectivity index (χ2n) is 8.55. The molecule has 0 saturated carbocycles. The summed E-state index contributed by atoms with van der Waals surface area (Å²) in [4.78, 5) is 23.1. The number of likely N-dealkylation sites (tertiary alicyclic amines) is 1. The van der Waals surface area contributed by atoms with Crippen LogP contribution in [0.5, 0.6) is 5.75 Å². The van der Waals surface area contributed by atoms with E-state index < -0.39 is 47.2 Å². The Balaban J connectivity index is 1.45. The summed E-state index contributed by atoms with van der Waals surface area (Å²) in [5, 5.41) is 0. The number of rotatable bonds is 1. The zero-order valence-corrected chi connectivity index (χ0v) is 17.8. The average molecular weight is 489 g/mol. The third-order valence-corrected chi connectivity index (χ3v) is 6.55. The lowest BCUT2D eigenvalue weighted by molar-refractivity contribution is -0.140. The summed E-state index contributed by atoms with van der Waals surface area (Å²) >= 11 is 0. The Morgan fingerprint density at radius 1 is 1.17 bits per heavy atom. The van der Waals surface area contributed by atoms with Crippen LogP contribution in [0.1, 0.15) is 40.4 Å². The Morgan fingerprint density at radius 3 is 2.74 bits per heavy atom. The molecule has 2 atom stereocenters. The van der Waals surface area contributed by atoms with E-state index in [1.54, 1.807) is 4.40 Å². The quantitative estimate of drug-likeness (QED) is 0.398. The first-order valence-corrected chi connectivity index (χ1v) is 10.7. The maximum absolute atomic E-state index is 15.1. The number of amides is 1. The Hall–Kier alpha value is -3.96. The lowest BCUT2D eigenvalue weighted by Gasteiger charge is -2.36. The number of hydrogen-bond acceptors (Lipinski definition) is 5. The minimum atomic E-state index is -4.89. The molecule has 35 heavy (non-hydrogen) atoms. The number of nitrogen functional groups attached to an aromatic ring is 1. The van der Waals surface area contributed by atoms with Crippen molar-refractivity contribution in [3.8, 4) is 5.75 Å². The zero-order chi connectivity index (χ0) is 24.6. The van der Waals surface area contributed by atoms with Gasteiger partial charge in [0, 0.05) is 18.2 Å². The van der Waals surface area contributed by atoms with Crippen LogP contribution < -0.4 is 10.5 Å². The van der Waals surface area contributed by atoms with Crippen molar-refractivity contribution in [2.45, 2.75) is 31.2 Å². The van der Waals surface area contributed by atoms with E-state index in [9.17, 15) is 22.4 Å². The maximum Gasteiger partial charge on any atom is 0.419 e. The molecule has 7 nitrogen and oxygen atoms in total. The molecule has 2 aromatic heterocycles. The number of anilines is 1. The summed E-state index contributed by atoms with van der Waals surface area (Å²) in [6, 6.07) is 3.34. The van der Waals surface area contributed by atoms with Gasteiger partial charge in [0.1, 0.15) is 23.3 Å². The molecular weight excluding hydrogens is 473 g/mol. The van der Waals surface area contributed by atoms with Crippen molar-refractivity contribution in [2.24, 2.45) is 0 Å². The molecule has 1 amide bonds. The second-order valence-corrected chi connectivity index (χ2v) is 8.55. The van der Waals surface area contributed by atoms with E-state index in [-0.39, 0.29) is 29.0 Å². The first-order chi connectivity index (χ1) is 16.6. The van der Waals surface area contributed by atoms with Crippen LogP contribution in [0.2, 0.25) is 0 Å². The summed E-state index contributed by atoms with van der Waals surface area (Å²) < 4.78 is 76.5. The van der Waals surface area contributed by atoms with Gasteiger partial charge in [-0.25, -0.2) is 18.7 Å². The van der Waals surface area contributed by atoms with Crippen molar-refractivity contribution in [3.63, 3.8) is 0 Å². The lowest BCUT2D eigenvalue weighted by Crippen LogP contribution is -2.44. The van der Waals surface area contributed by atoms with Crippen molar-refractivity contribution in [1.29, 1.82) is 0 Å². The van der Waals surface area contributed by atoms with Gasteiger partial charge in [-0.3, -0.25) is 9.20 Å². The molecule has 180 valence electrons. The van der Waals surface area contributed by atoms with Gasteiger partial charge in [-0.2, -0.15) is 13.2 Å². The summed E-state index contributed by atoms with van der Waals surface area (Å²) in [6.45, 7) is 0.198. The van der Waals surface area contributed by atoms with Crippen LogP contribution in [0.25, 0.3) is 16.6 Å². The second kappa shape index (κ2) is 7.27. The van der Waals surface area contributed by atoms with E-state index >= 15 is 4.39 Å². The predicted molar refractivity (Wildman–Crippen MR) is 114 cm³/mol. The molecule has 0 unspecified atom stereocenters. The molecule has 4 heterocycles. The number of fused-ring (bicyclic) bond motifs is 6. The predicted octanol–water partition coefficient (Wildman–Crippen LogP) is 4.50. The SMILES string of the molecule is Nc1nc2cc(F)c(C(=O)N3CCC[C@@H]4Oc5c(ccc(C(F)(F)F)c5F)[C@@H]43)cc2n2cncc12. The third kappa shape index (κ3) is 3.12. The van der Waals surface area contributed by atoms with E-state index in [2.05, 4.69) is 9.97 Å². The molecule has 0 aliphatic carbocycles. The minimum Gasteiger partial charge on any atom is -0.484 e. The number of halogens is 5. The Labute approximate surface area is 193 Å². The van der Waals surface area contributed by atoms with Crippen molar-refractivity contribution in [3.05, 3.63) is 65.1 Å². The van der Waals surface area contributed by atoms with Crippen molar-refractivity contribution >= 4 is 28.3 Å². The van der Waals surface area contributed by atoms with Gasteiger partial charge in [-0.15, -0.1) is 0 Å². The highest BCUT2D eigenvalue weighted by Crippen LogP contribution is 2.48. The number of piperidine rings is 1. The molecular formula is C23H16F5N5O2. The van der Waals surface area contributed by atoms with Crippen molar-refractivity contribution in [2.75, 3.05) is 12.3 Å². The normalized spacial score (nSPS) is 19.6. The van der Waals surface area contributed by atoms with E-state index in [1.807, 2.05) is 0 Å². The smallest absolute Gasteiger partial charge is 0.419 e. The molecule has 2 aliphatic rings. The summed E-state index contributed by atoms with van der Waals surface area (Å²) in [6.07, 6.45) is -1.84. The van der Waals surface area contributed by atoms with Gasteiger partial charge in [0.15, 0.2) is 11.6 Å². The largest absolute Gasteiger partial charge is 0.484 e. The lowest BCUT2D eigenvalue weighted by atomic mass is 9.93. The number of benzene rings is 2. The maximum atomic E-state index is 15.1. The van der Waals surface area contributed by atoms with Gasteiger partial charge in [0.2, 0.25) is 0 Å². The number of ether oxygens (including phenoxy) is 1. The molecule has 2 aliphatic heterocycles. The molecule has 0 bridgehead atoms. The number of hydrogen-bond donors (Lipinski definition) is 1. The van der Waals surface area contributed by atoms with Crippen molar-refractivity contribution < 1.29 is 31.5 Å². The number of alkyl halides is 3. The number of carbonyl (C=O) groups is 1. The fraction of sp³-hybridized carbons (Fsp3) is 0.261. The van der Waals surface area contributed by atoms with Crippen LogP contribution in [0.3, 0.4) is 0 Å². The van der Waals surface area contributed by atoms with Crippen molar-refractivity contribution in [1.82, 2.24) is 19.3 Å². The first-order valence-electron chi connectivity index (χ1n) is 10.7. The summed E-state index contributed by atoms with van der Waals surface area (Å²) in [5.41, 5.74) is 5.42. The summed E-state index contributed by atoms with van der Waals surface area (Å²) in [5.74, 6) is -3.42. The fourth-order valence-corrected chi connectivity index (χ4v) is 4.99. The monoisotopic (exact) mass is 489 g/mol. The average Bonchev–Trinajstić information content (AvgIpc) is 3.44. The number of nitrogens with two attached hydrogens (primary N) is 1. The molecule has 12 heteroatoms. The van der Waals surface area contributed by atoms with Crippen LogP contribution in [0.15, 0.2) is 36.8 Å². The van der Waals surface area contributed by atoms with Gasteiger partial charge in [-0.05, 0) is 25.0 Å². The van der Waals surface area contributed by atoms with E-state index in [0.29, 0.717) is 29.9 Å². The first kappa shape index (κ1) is 21.6. The highest BCUT2D eigenvalue weighted by Gasteiger charge is 2.47. The van der Waals surface area contributed by atoms with E-state index in [0.717, 1.165) is 12.1 Å². The molecule has 0 radical (unpaired) electrons. The Bertz CT molecular complexity index is 1530. The zero-order valence-electron chi connectivity index (χ0n) is 17.8. The summed E-state index contributed by atoms with van der Waals surface area (Å²) in [7, 11) is 0. The highest BCUT2D eigenvalue weighted by molar-refractivity contribution is 5.99. The highest BCUT2D eigenvalue weighted by atomic mass is 19.4. The molecule has 1 saturated heterocycles. The van der Waals surface area contributed by atoms with Gasteiger partial charge in [0.25, 0.3) is 5.91 Å². The molecule has 1 fully saturated rings. The molecule has 2 N–H and O–H groups in total. The van der Waals surface area contributed by atoms with Crippen LogP contribution in [-0.4, -0.2) is 37.8 Å². The van der Waals surface area contributed by atoms with Gasteiger partial charge in [-0.1, -0.05) is 6.07 Å². The number of imidazole rings is 1. The van der Waals surface area contributed by atoms with Gasteiger partial charge < -0.3 is 15.4 Å². The minimum absolute atomic E-state index is 0.126. The van der Waals surface area contributed by atoms with Gasteiger partial charge >= 0.3 is 6.18 Å². The molecule has 4 aromatic rings. The van der Waals surface area contributed by atoms with Crippen LogP contribution in [0.4, 0.5) is 27.8 Å². The van der Waals surface area contributed by atoms with Crippen LogP contribution >= 0.6 is 0 Å². The Kier molecular flexibility index (Phi) is 4.48. The molecule has 0 spiro atoms. The number of aromatic nitrogens is 3. The van der Waals surface area contributed by atoms with Gasteiger partial charge in [0.05, 0.1) is 40.7 Å². The number of nitrogens with zero attached hydrogens (tertiary/aromatic N) is 4. The Morgan fingerprint density at radius 2 is 1.97 bits per heavy atom. The number of carbonyl (C=O) groups excluding carboxylic acids is 1. The standard InChI is InChI=1S/C23H16F5N5O2/c24-13-7-14-15(33-9-30-8-16(33)21(29)31-14)6-11(13)22(34)32-5-1-2-17-19(32)10-3-4-12(23(26,27)28)18(25)20(10)35-17/h3-4,6-9,17,19H,1-2,5H2,(H2,29,31)/t17-,19-/m0/s1. The van der Waals surface area contributed by atoms with Crippen LogP contribution in [-0.2, 0) is 6.18 Å². The third-order valence-electron chi connectivity index (χ3n) is 6.55. The topological polar surface area (TPSA) is 85.8 Å². The molecule has 2 aromatic carbocycles. The molecule has 6 rings (SSSR count). The van der Waals surface area contributed by atoms with E-state index in [1.165, 1.54) is 23.5 Å².